The second-order valence-corrected chi connectivity index (χ2v) is 6.17. The average molecular weight is 350 g/mol. The Morgan fingerprint density at radius 1 is 1.08 bits per heavy atom. The van der Waals surface area contributed by atoms with E-state index in [1.54, 1.807) is 0 Å². The highest BCUT2D eigenvalue weighted by molar-refractivity contribution is 5.75. The minimum Gasteiger partial charge on any atom is -0.378 e. The Hall–Kier alpha value is -3.22. The molecule has 0 unspecified atom stereocenters. The molecular weight excluding hydrogens is 328 g/mol. The number of benzene rings is 2. The Bertz CT molecular complexity index is 842. The van der Waals surface area contributed by atoms with Crippen LogP contribution in [-0.2, 0) is 17.8 Å². The molecule has 7 nitrogen and oxygen atoms in total. The molecule has 0 saturated heterocycles. The Labute approximate surface area is 152 Å². The van der Waals surface area contributed by atoms with E-state index in [1.165, 1.54) is 10.4 Å². The van der Waals surface area contributed by atoms with Gasteiger partial charge in [-0.15, -0.1) is 10.2 Å². The van der Waals surface area contributed by atoms with Crippen LogP contribution < -0.4 is 10.2 Å². The topological polar surface area (TPSA) is 75.9 Å². The highest BCUT2D eigenvalue weighted by atomic mass is 16.2. The van der Waals surface area contributed by atoms with Crippen molar-refractivity contribution < 1.29 is 4.79 Å². The lowest BCUT2D eigenvalue weighted by molar-refractivity contribution is -0.122. The minimum atomic E-state index is -0.132. The molecule has 0 radical (unpaired) electrons. The molecule has 0 atom stereocenters. The zero-order chi connectivity index (χ0) is 18.4. The van der Waals surface area contributed by atoms with Gasteiger partial charge in [0.05, 0.1) is 0 Å². The Morgan fingerprint density at radius 3 is 2.50 bits per heavy atom. The van der Waals surface area contributed by atoms with Crippen molar-refractivity contribution in [1.29, 1.82) is 0 Å². The van der Waals surface area contributed by atoms with Crippen molar-refractivity contribution in [2.75, 3.05) is 25.5 Å². The molecule has 1 N–H and O–H groups in total. The summed E-state index contributed by atoms with van der Waals surface area (Å²) in [6.45, 7) is 0.633. The van der Waals surface area contributed by atoms with Crippen LogP contribution >= 0.6 is 0 Å². The largest absolute Gasteiger partial charge is 0.378 e. The molecule has 0 bridgehead atoms. The fourth-order valence-electron chi connectivity index (χ4n) is 2.51. The van der Waals surface area contributed by atoms with Crippen molar-refractivity contribution in [2.45, 2.75) is 13.0 Å². The molecule has 3 rings (SSSR count). The summed E-state index contributed by atoms with van der Waals surface area (Å²) < 4.78 is 0. The molecule has 1 amide bonds. The first kappa shape index (κ1) is 17.6. The zero-order valence-corrected chi connectivity index (χ0v) is 15.0. The first-order valence-electron chi connectivity index (χ1n) is 8.48. The van der Waals surface area contributed by atoms with Crippen LogP contribution in [0, 0.1) is 0 Å². The molecule has 3 aromatic rings. The number of hydrogen-bond acceptors (Lipinski definition) is 5. The van der Waals surface area contributed by atoms with Crippen LogP contribution in [0.1, 0.15) is 5.56 Å². The summed E-state index contributed by atoms with van der Waals surface area (Å²) in [4.78, 5) is 15.4. The molecule has 0 aliphatic heterocycles. The van der Waals surface area contributed by atoms with Crippen molar-refractivity contribution in [3.63, 3.8) is 0 Å². The van der Waals surface area contributed by atoms with E-state index < -0.39 is 0 Å². The molecular formula is C19H22N6O. The Kier molecular flexibility index (Phi) is 5.58. The van der Waals surface area contributed by atoms with E-state index in [0.717, 1.165) is 17.7 Å². The van der Waals surface area contributed by atoms with Gasteiger partial charge >= 0.3 is 0 Å². The van der Waals surface area contributed by atoms with Crippen molar-refractivity contribution in [3.8, 4) is 11.4 Å². The van der Waals surface area contributed by atoms with Gasteiger partial charge in [-0.25, -0.2) is 0 Å². The third-order valence-electron chi connectivity index (χ3n) is 3.96. The van der Waals surface area contributed by atoms with Crippen LogP contribution in [-0.4, -0.2) is 46.8 Å². The predicted molar refractivity (Wildman–Crippen MR) is 101 cm³/mol. The van der Waals surface area contributed by atoms with Crippen molar-refractivity contribution in [2.24, 2.45) is 0 Å². The van der Waals surface area contributed by atoms with E-state index >= 15 is 0 Å². The Balaban J connectivity index is 1.52. The standard InChI is InChI=1S/C19H22N6O/c1-24(2)17-10-8-16(9-11-17)19-21-23-25(22-19)14-18(26)20-13-12-15-6-4-3-5-7-15/h3-11H,12-14H2,1-2H3,(H,20,26). The number of aromatic nitrogens is 4. The zero-order valence-electron chi connectivity index (χ0n) is 15.0. The van der Waals surface area contributed by atoms with Gasteiger partial charge in [0.15, 0.2) is 0 Å². The van der Waals surface area contributed by atoms with Crippen LogP contribution in [0.15, 0.2) is 54.6 Å². The molecule has 0 aliphatic rings. The van der Waals surface area contributed by atoms with Gasteiger partial charge in [0.2, 0.25) is 11.7 Å². The number of hydrogen-bond donors (Lipinski definition) is 1. The van der Waals surface area contributed by atoms with Gasteiger partial charge in [0, 0.05) is 31.9 Å². The van der Waals surface area contributed by atoms with E-state index in [2.05, 4.69) is 20.7 Å². The molecule has 1 heterocycles. The number of tetrazole rings is 1. The van der Waals surface area contributed by atoms with E-state index in [-0.39, 0.29) is 12.5 Å². The second-order valence-electron chi connectivity index (χ2n) is 6.17. The van der Waals surface area contributed by atoms with E-state index in [4.69, 9.17) is 0 Å². The second kappa shape index (κ2) is 8.24. The fourth-order valence-corrected chi connectivity index (χ4v) is 2.51. The average Bonchev–Trinajstić information content (AvgIpc) is 3.11. The number of carbonyl (C=O) groups is 1. The number of carbonyl (C=O) groups excluding carboxylic acids is 1. The molecule has 0 fully saturated rings. The third kappa shape index (κ3) is 4.66. The number of nitrogens with zero attached hydrogens (tertiary/aromatic N) is 5. The van der Waals surface area contributed by atoms with Crippen molar-refractivity contribution in [1.82, 2.24) is 25.5 Å². The molecule has 0 spiro atoms. The SMILES string of the molecule is CN(C)c1ccc(-c2nnn(CC(=O)NCCc3ccccc3)n2)cc1. The van der Waals surface area contributed by atoms with E-state index in [1.807, 2.05) is 73.6 Å². The van der Waals surface area contributed by atoms with Gasteiger partial charge in [-0.05, 0) is 41.5 Å². The summed E-state index contributed by atoms with van der Waals surface area (Å²) in [7, 11) is 3.97. The smallest absolute Gasteiger partial charge is 0.243 e. The molecule has 2 aromatic carbocycles. The lowest BCUT2D eigenvalue weighted by atomic mass is 10.1. The van der Waals surface area contributed by atoms with Gasteiger partial charge in [-0.3, -0.25) is 4.79 Å². The van der Waals surface area contributed by atoms with Crippen LogP contribution in [0.4, 0.5) is 5.69 Å². The molecule has 7 heteroatoms. The molecule has 26 heavy (non-hydrogen) atoms. The monoisotopic (exact) mass is 350 g/mol. The first-order valence-corrected chi connectivity index (χ1v) is 8.48. The maximum absolute atomic E-state index is 12.0. The number of anilines is 1. The van der Waals surface area contributed by atoms with E-state index in [9.17, 15) is 4.79 Å². The highest BCUT2D eigenvalue weighted by Crippen LogP contribution is 2.18. The van der Waals surface area contributed by atoms with Crippen molar-refractivity contribution >= 4 is 11.6 Å². The van der Waals surface area contributed by atoms with E-state index in [0.29, 0.717) is 12.4 Å². The first-order chi connectivity index (χ1) is 12.6. The van der Waals surface area contributed by atoms with Crippen LogP contribution in [0.25, 0.3) is 11.4 Å². The third-order valence-corrected chi connectivity index (χ3v) is 3.96. The highest BCUT2D eigenvalue weighted by Gasteiger charge is 2.09. The molecule has 0 aliphatic carbocycles. The summed E-state index contributed by atoms with van der Waals surface area (Å²) in [5, 5.41) is 15.1. The normalized spacial score (nSPS) is 10.5. The van der Waals surface area contributed by atoms with Gasteiger partial charge in [-0.1, -0.05) is 30.3 Å². The lowest BCUT2D eigenvalue weighted by Gasteiger charge is -2.11. The van der Waals surface area contributed by atoms with Gasteiger partial charge in [-0.2, -0.15) is 4.80 Å². The molecule has 134 valence electrons. The number of amides is 1. The number of rotatable bonds is 7. The van der Waals surface area contributed by atoms with Crippen LogP contribution in [0.2, 0.25) is 0 Å². The van der Waals surface area contributed by atoms with Crippen LogP contribution in [0.5, 0.6) is 0 Å². The van der Waals surface area contributed by atoms with Gasteiger partial charge in [0.25, 0.3) is 0 Å². The predicted octanol–water partition coefficient (Wildman–Crippen LogP) is 1.76. The summed E-state index contributed by atoms with van der Waals surface area (Å²) in [5.74, 6) is 0.375. The number of nitrogens with one attached hydrogen (secondary N) is 1. The Morgan fingerprint density at radius 2 is 1.81 bits per heavy atom. The minimum absolute atomic E-state index is 0.0531. The summed E-state index contributed by atoms with van der Waals surface area (Å²) in [6.07, 6.45) is 0.792. The fraction of sp³-hybridized carbons (Fsp3) is 0.263. The summed E-state index contributed by atoms with van der Waals surface area (Å²) in [5.41, 5.74) is 3.15. The van der Waals surface area contributed by atoms with Gasteiger partial charge < -0.3 is 10.2 Å². The van der Waals surface area contributed by atoms with Crippen molar-refractivity contribution in [3.05, 3.63) is 60.2 Å². The quantitative estimate of drug-likeness (QED) is 0.703. The lowest BCUT2D eigenvalue weighted by Crippen LogP contribution is -2.30. The maximum atomic E-state index is 12.0. The maximum Gasteiger partial charge on any atom is 0.243 e. The summed E-state index contributed by atoms with van der Waals surface area (Å²) >= 11 is 0. The molecule has 0 saturated carbocycles. The summed E-state index contributed by atoms with van der Waals surface area (Å²) in [6, 6.07) is 17.9. The van der Waals surface area contributed by atoms with Gasteiger partial charge in [0.1, 0.15) is 6.54 Å². The molecule has 1 aromatic heterocycles. The van der Waals surface area contributed by atoms with Crippen LogP contribution in [0.3, 0.4) is 0 Å².